The number of nitrogens with zero attached hydrogens (tertiary/aromatic N) is 2. The molecule has 198 valence electrons. The second-order valence-corrected chi connectivity index (χ2v) is 11.4. The minimum Gasteiger partial charge on any atom is -0.506 e. The number of benzene rings is 2. The van der Waals surface area contributed by atoms with Gasteiger partial charge in [0.2, 0.25) is 0 Å². The summed E-state index contributed by atoms with van der Waals surface area (Å²) in [6.07, 6.45) is -0.348. The van der Waals surface area contributed by atoms with Crippen LogP contribution in [0, 0.1) is 0 Å². The molecule has 2 aliphatic rings. The quantitative estimate of drug-likeness (QED) is 0.215. The van der Waals surface area contributed by atoms with E-state index in [-0.39, 0.29) is 18.4 Å². The fourth-order valence-corrected chi connectivity index (χ4v) is 6.53. The van der Waals surface area contributed by atoms with Crippen LogP contribution in [-0.2, 0) is 23.2 Å². The Kier molecular flexibility index (Phi) is 7.53. The van der Waals surface area contributed by atoms with E-state index in [2.05, 4.69) is 25.4 Å². The molecule has 0 unspecified atom stereocenters. The van der Waals surface area contributed by atoms with Crippen LogP contribution in [0.25, 0.3) is 10.9 Å². The Morgan fingerprint density at radius 1 is 1.22 bits per heavy atom. The maximum absolute atomic E-state index is 13.4. The van der Waals surface area contributed by atoms with Crippen molar-refractivity contribution in [1.29, 1.82) is 0 Å². The van der Waals surface area contributed by atoms with Crippen molar-refractivity contribution in [2.45, 2.75) is 62.0 Å². The molecule has 1 N–H and O–H groups in total. The highest BCUT2D eigenvalue weighted by atomic mass is 79.9. The normalized spacial score (nSPS) is 16.6. The first-order chi connectivity index (χ1) is 17.7. The van der Waals surface area contributed by atoms with Gasteiger partial charge in [-0.15, -0.1) is 11.8 Å². The summed E-state index contributed by atoms with van der Waals surface area (Å²) in [4.78, 5) is 16.2. The molecule has 0 atom stereocenters. The molecule has 2 aromatic carbocycles. The van der Waals surface area contributed by atoms with Crippen molar-refractivity contribution in [2.24, 2.45) is 0 Å². The van der Waals surface area contributed by atoms with Gasteiger partial charge in [-0.25, -0.2) is 4.79 Å². The maximum atomic E-state index is 13.4. The Morgan fingerprint density at radius 2 is 1.95 bits per heavy atom. The van der Waals surface area contributed by atoms with E-state index >= 15 is 0 Å². The number of carbonyl (C=O) groups excluding carboxylic acids is 1. The molecule has 0 radical (unpaired) electrons. The van der Waals surface area contributed by atoms with Crippen LogP contribution in [0.15, 0.2) is 39.7 Å². The van der Waals surface area contributed by atoms with Crippen LogP contribution in [0.1, 0.15) is 65.8 Å². The van der Waals surface area contributed by atoms with Crippen LogP contribution in [0.3, 0.4) is 0 Å². The lowest BCUT2D eigenvalue weighted by molar-refractivity contribution is -0.137. The van der Waals surface area contributed by atoms with E-state index < -0.39 is 17.7 Å². The fraction of sp³-hybridized carbons (Fsp3) is 0.444. The molecule has 37 heavy (non-hydrogen) atoms. The predicted molar refractivity (Wildman–Crippen MR) is 141 cm³/mol. The summed E-state index contributed by atoms with van der Waals surface area (Å²) in [5.41, 5.74) is 1.94. The van der Waals surface area contributed by atoms with E-state index in [9.17, 15) is 23.1 Å². The zero-order valence-electron chi connectivity index (χ0n) is 20.4. The molecule has 0 amide bonds. The number of ether oxygens (including phenoxy) is 1. The van der Waals surface area contributed by atoms with Gasteiger partial charge in [0.1, 0.15) is 5.75 Å². The summed E-state index contributed by atoms with van der Waals surface area (Å²) >= 11 is 4.78. The number of aromatic hydroxyl groups is 1. The molecule has 0 bridgehead atoms. The van der Waals surface area contributed by atoms with Gasteiger partial charge in [0, 0.05) is 39.9 Å². The Balaban J connectivity index is 1.65. The van der Waals surface area contributed by atoms with Gasteiger partial charge in [0.25, 0.3) is 0 Å². The second-order valence-electron chi connectivity index (χ2n) is 9.52. The fourth-order valence-electron chi connectivity index (χ4n) is 5.10. The van der Waals surface area contributed by atoms with E-state index in [0.717, 1.165) is 62.1 Å². The summed E-state index contributed by atoms with van der Waals surface area (Å²) in [5.74, 6) is -0.0757. The molecular weight excluding hydrogens is 569 g/mol. The van der Waals surface area contributed by atoms with Gasteiger partial charge in [0.05, 0.1) is 27.7 Å². The van der Waals surface area contributed by atoms with Gasteiger partial charge in [-0.3, -0.25) is 4.90 Å². The van der Waals surface area contributed by atoms with Crippen molar-refractivity contribution in [3.05, 3.63) is 57.2 Å². The zero-order valence-corrected chi connectivity index (χ0v) is 22.8. The third-order valence-electron chi connectivity index (χ3n) is 6.93. The van der Waals surface area contributed by atoms with Crippen LogP contribution >= 0.6 is 27.7 Å². The van der Waals surface area contributed by atoms with Crippen molar-refractivity contribution < 1.29 is 27.8 Å². The molecule has 1 aliphatic heterocycles. The standard InChI is InChI=1S/C27H28BrF3N2O3S/c1-2-36-26(35)24-22(15-37-18-7-5-6-16(12-18)27(29,30)31)33(17-8-9-17)21-13-20(28)25(34)19(23(21)24)14-32-10-3-4-11-32/h5-7,12-13,17,34H,2-4,8-11,14-15H2,1H3. The lowest BCUT2D eigenvalue weighted by Gasteiger charge is -2.18. The smallest absolute Gasteiger partial charge is 0.416 e. The first-order valence-corrected chi connectivity index (χ1v) is 14.2. The van der Waals surface area contributed by atoms with Crippen molar-refractivity contribution >= 4 is 44.6 Å². The number of aromatic nitrogens is 1. The number of halogens is 4. The molecule has 5 nitrogen and oxygen atoms in total. The molecule has 2 fully saturated rings. The predicted octanol–water partition coefficient (Wildman–Crippen LogP) is 7.53. The van der Waals surface area contributed by atoms with Crippen LogP contribution in [0.5, 0.6) is 5.75 Å². The SMILES string of the molecule is CCOC(=O)c1c(CSc2cccc(C(F)(F)F)c2)n(C2CC2)c2cc(Br)c(O)c(CN3CCCC3)c12. The van der Waals surface area contributed by atoms with Crippen LogP contribution < -0.4 is 0 Å². The van der Waals surface area contributed by atoms with Crippen molar-refractivity contribution in [3.8, 4) is 5.75 Å². The largest absolute Gasteiger partial charge is 0.506 e. The number of fused-ring (bicyclic) bond motifs is 1. The summed E-state index contributed by atoms with van der Waals surface area (Å²) in [6.45, 7) is 4.28. The molecule has 2 heterocycles. The topological polar surface area (TPSA) is 54.7 Å². The number of phenolic OH excluding ortho intramolecular Hbond substituents is 1. The van der Waals surface area contributed by atoms with Crippen LogP contribution in [0.2, 0.25) is 0 Å². The second kappa shape index (κ2) is 10.5. The number of esters is 1. The van der Waals surface area contributed by atoms with Gasteiger partial charge in [-0.1, -0.05) is 6.07 Å². The number of phenols is 1. The Morgan fingerprint density at radius 3 is 2.59 bits per heavy atom. The molecule has 1 saturated carbocycles. The number of alkyl halides is 3. The molecule has 5 rings (SSSR count). The Labute approximate surface area is 226 Å². The third-order valence-corrected chi connectivity index (χ3v) is 8.54. The highest BCUT2D eigenvalue weighted by molar-refractivity contribution is 9.10. The number of likely N-dealkylation sites (tertiary alicyclic amines) is 1. The van der Waals surface area contributed by atoms with Crippen LogP contribution in [-0.4, -0.2) is 40.2 Å². The summed E-state index contributed by atoms with van der Waals surface area (Å²) in [6, 6.07) is 7.28. The number of hydrogen-bond donors (Lipinski definition) is 1. The molecule has 3 aromatic rings. The van der Waals surface area contributed by atoms with E-state index in [0.29, 0.717) is 38.2 Å². The van der Waals surface area contributed by atoms with Gasteiger partial charge < -0.3 is 14.4 Å². The molecule has 0 spiro atoms. The summed E-state index contributed by atoms with van der Waals surface area (Å²) in [5, 5.41) is 11.8. The molecular formula is C27H28BrF3N2O3S. The zero-order chi connectivity index (χ0) is 26.3. The number of rotatable bonds is 8. The summed E-state index contributed by atoms with van der Waals surface area (Å²) < 4.78 is 48.0. The lowest BCUT2D eigenvalue weighted by atomic mass is 10.0. The first-order valence-electron chi connectivity index (χ1n) is 12.5. The minimum absolute atomic E-state index is 0.106. The van der Waals surface area contributed by atoms with E-state index in [4.69, 9.17) is 4.74 Å². The van der Waals surface area contributed by atoms with E-state index in [1.807, 2.05) is 6.07 Å². The monoisotopic (exact) mass is 596 g/mol. The highest BCUT2D eigenvalue weighted by Crippen LogP contribution is 2.47. The van der Waals surface area contributed by atoms with Crippen molar-refractivity contribution in [3.63, 3.8) is 0 Å². The molecule has 10 heteroatoms. The van der Waals surface area contributed by atoms with Gasteiger partial charge in [0.15, 0.2) is 0 Å². The van der Waals surface area contributed by atoms with E-state index in [1.54, 1.807) is 13.0 Å². The molecule has 1 aromatic heterocycles. The van der Waals surface area contributed by atoms with Gasteiger partial charge >= 0.3 is 12.1 Å². The number of thioether (sulfide) groups is 1. The number of carbonyl (C=O) groups is 1. The van der Waals surface area contributed by atoms with Crippen molar-refractivity contribution in [1.82, 2.24) is 9.47 Å². The number of hydrogen-bond acceptors (Lipinski definition) is 5. The highest BCUT2D eigenvalue weighted by Gasteiger charge is 2.35. The molecule has 1 aliphatic carbocycles. The minimum atomic E-state index is -4.43. The average Bonchev–Trinajstić information content (AvgIpc) is 3.45. The lowest BCUT2D eigenvalue weighted by Crippen LogP contribution is -2.19. The summed E-state index contributed by atoms with van der Waals surface area (Å²) in [7, 11) is 0. The van der Waals surface area contributed by atoms with E-state index in [1.165, 1.54) is 17.8 Å². The Hall–Kier alpha value is -2.17. The molecule has 1 saturated heterocycles. The first kappa shape index (κ1) is 26.4. The maximum Gasteiger partial charge on any atom is 0.416 e. The Bertz CT molecular complexity index is 1330. The third kappa shape index (κ3) is 5.38. The van der Waals surface area contributed by atoms with Crippen molar-refractivity contribution in [2.75, 3.05) is 19.7 Å². The average molecular weight is 597 g/mol. The van der Waals surface area contributed by atoms with Gasteiger partial charge in [-0.05, 0) is 85.9 Å². The van der Waals surface area contributed by atoms with Gasteiger partial charge in [-0.2, -0.15) is 13.2 Å². The van der Waals surface area contributed by atoms with Crippen LogP contribution in [0.4, 0.5) is 13.2 Å².